The molecule has 1 aromatic carbocycles. The number of nitrogens with zero attached hydrogens (tertiary/aromatic N) is 2. The molecular formula is C23H20N2O6S2. The van der Waals surface area contributed by atoms with Gasteiger partial charge in [-0.15, -0.1) is 11.3 Å². The van der Waals surface area contributed by atoms with Gasteiger partial charge in [0.15, 0.2) is 16.3 Å². The number of fused-ring (bicyclic) bond motifs is 1. The minimum Gasteiger partial charge on any atom is -0.493 e. The second-order valence-electron chi connectivity index (χ2n) is 7.09. The maximum atomic E-state index is 13.5. The lowest BCUT2D eigenvalue weighted by Gasteiger charge is -2.22. The largest absolute Gasteiger partial charge is 0.493 e. The van der Waals surface area contributed by atoms with Crippen molar-refractivity contribution in [3.63, 3.8) is 0 Å². The molecule has 0 amide bonds. The smallest absolute Gasteiger partial charge is 0.338 e. The van der Waals surface area contributed by atoms with E-state index in [0.717, 1.165) is 4.88 Å². The molecular weight excluding hydrogens is 464 g/mol. The molecule has 3 aromatic rings. The molecule has 10 heteroatoms. The van der Waals surface area contributed by atoms with Crippen molar-refractivity contribution in [1.82, 2.24) is 4.57 Å². The third kappa shape index (κ3) is 4.27. The van der Waals surface area contributed by atoms with Crippen molar-refractivity contribution < 1.29 is 23.8 Å². The summed E-state index contributed by atoms with van der Waals surface area (Å²) in [5.74, 6) is -0.344. The highest BCUT2D eigenvalue weighted by Crippen LogP contribution is 2.33. The number of carbonyl (C=O) groups is 2. The van der Waals surface area contributed by atoms with Crippen LogP contribution in [0.1, 0.15) is 30.3 Å². The van der Waals surface area contributed by atoms with Crippen molar-refractivity contribution in [2.75, 3.05) is 14.2 Å². The van der Waals surface area contributed by atoms with E-state index in [1.165, 1.54) is 48.4 Å². The lowest BCUT2D eigenvalue weighted by Crippen LogP contribution is -2.39. The molecule has 1 aliphatic heterocycles. The number of hydrogen-bond donors (Lipinski definition) is 0. The summed E-state index contributed by atoms with van der Waals surface area (Å²) < 4.78 is 17.4. The van der Waals surface area contributed by atoms with Crippen LogP contribution < -0.4 is 24.4 Å². The molecule has 0 N–H and O–H groups in total. The Morgan fingerprint density at radius 2 is 1.97 bits per heavy atom. The van der Waals surface area contributed by atoms with E-state index < -0.39 is 18.0 Å². The Labute approximate surface area is 196 Å². The second-order valence-corrected chi connectivity index (χ2v) is 9.08. The average Bonchev–Trinajstić information content (AvgIpc) is 3.41. The van der Waals surface area contributed by atoms with Gasteiger partial charge in [-0.1, -0.05) is 23.5 Å². The lowest BCUT2D eigenvalue weighted by atomic mass is 10.0. The van der Waals surface area contributed by atoms with Gasteiger partial charge in [0.1, 0.15) is 6.04 Å². The second kappa shape index (κ2) is 9.16. The fourth-order valence-electron chi connectivity index (χ4n) is 3.58. The standard InChI is InChI=1S/C23H20N2O6S2/c1-12-19(22(28)30-4)20(17-6-5-9-32-17)25-21(27)18(33-23(25)24-12)11-14-7-8-15(29-3)16(10-14)31-13(2)26/h5-11,20H,1-4H3/b18-11+/t20-/m1/s1. The lowest BCUT2D eigenvalue weighted by molar-refractivity contribution is -0.136. The SMILES string of the molecule is COC(=O)C1=C(C)N=c2s/c(=C/c3ccc(OC)c(OC(C)=O)c3)c(=O)n2[C@@H]1c1cccs1. The highest BCUT2D eigenvalue weighted by Gasteiger charge is 2.33. The maximum Gasteiger partial charge on any atom is 0.338 e. The van der Waals surface area contributed by atoms with Crippen LogP contribution in [0, 0.1) is 0 Å². The Kier molecular flexibility index (Phi) is 6.30. The summed E-state index contributed by atoms with van der Waals surface area (Å²) in [5, 5.41) is 1.89. The van der Waals surface area contributed by atoms with E-state index in [0.29, 0.717) is 31.9 Å². The van der Waals surface area contributed by atoms with Gasteiger partial charge in [-0.2, -0.15) is 0 Å². The molecule has 0 spiro atoms. The average molecular weight is 485 g/mol. The highest BCUT2D eigenvalue weighted by atomic mass is 32.1. The minimum atomic E-state index is -0.622. The fraction of sp³-hybridized carbons (Fsp3) is 0.217. The van der Waals surface area contributed by atoms with Gasteiger partial charge in [0.2, 0.25) is 0 Å². The van der Waals surface area contributed by atoms with Gasteiger partial charge in [0, 0.05) is 11.8 Å². The highest BCUT2D eigenvalue weighted by molar-refractivity contribution is 7.10. The van der Waals surface area contributed by atoms with Crippen LogP contribution in [0.15, 0.2) is 56.8 Å². The number of thiophene rings is 1. The van der Waals surface area contributed by atoms with E-state index in [9.17, 15) is 14.4 Å². The maximum absolute atomic E-state index is 13.5. The van der Waals surface area contributed by atoms with E-state index in [1.54, 1.807) is 31.2 Å². The zero-order valence-electron chi connectivity index (χ0n) is 18.3. The van der Waals surface area contributed by atoms with Crippen molar-refractivity contribution >= 4 is 40.7 Å². The Morgan fingerprint density at radius 3 is 2.61 bits per heavy atom. The van der Waals surface area contributed by atoms with Crippen molar-refractivity contribution in [3.8, 4) is 11.5 Å². The molecule has 0 bridgehead atoms. The van der Waals surface area contributed by atoms with Gasteiger partial charge in [0.25, 0.3) is 5.56 Å². The molecule has 33 heavy (non-hydrogen) atoms. The minimum absolute atomic E-state index is 0.256. The Hall–Kier alpha value is -3.50. The number of esters is 2. The quantitative estimate of drug-likeness (QED) is 0.408. The van der Waals surface area contributed by atoms with Crippen LogP contribution >= 0.6 is 22.7 Å². The monoisotopic (exact) mass is 484 g/mol. The van der Waals surface area contributed by atoms with Gasteiger partial charge < -0.3 is 14.2 Å². The molecule has 0 radical (unpaired) electrons. The Bertz CT molecular complexity index is 1450. The van der Waals surface area contributed by atoms with Crippen molar-refractivity contribution in [1.29, 1.82) is 0 Å². The first kappa shape index (κ1) is 22.7. The van der Waals surface area contributed by atoms with Gasteiger partial charge in [-0.25, -0.2) is 9.79 Å². The molecule has 4 rings (SSSR count). The summed E-state index contributed by atoms with van der Waals surface area (Å²) in [7, 11) is 2.79. The van der Waals surface area contributed by atoms with Crippen LogP contribution in [-0.2, 0) is 14.3 Å². The predicted molar refractivity (Wildman–Crippen MR) is 124 cm³/mol. The van der Waals surface area contributed by atoms with Crippen molar-refractivity contribution in [2.45, 2.75) is 19.9 Å². The predicted octanol–water partition coefficient (Wildman–Crippen LogP) is 2.40. The normalized spacial score (nSPS) is 15.6. The summed E-state index contributed by atoms with van der Waals surface area (Å²) in [6.07, 6.45) is 1.69. The molecule has 3 heterocycles. The summed E-state index contributed by atoms with van der Waals surface area (Å²) in [5.41, 5.74) is 1.21. The van der Waals surface area contributed by atoms with Crippen LogP contribution in [0.4, 0.5) is 0 Å². The molecule has 1 aliphatic rings. The number of carbonyl (C=O) groups excluding carboxylic acids is 2. The molecule has 1 atom stereocenters. The number of allylic oxidation sites excluding steroid dienone is 1. The molecule has 0 saturated heterocycles. The van der Waals surface area contributed by atoms with Crippen LogP contribution in [-0.4, -0.2) is 30.7 Å². The number of thiazole rings is 1. The molecule has 0 unspecified atom stereocenters. The van der Waals surface area contributed by atoms with Crippen LogP contribution in [0.3, 0.4) is 0 Å². The van der Waals surface area contributed by atoms with Crippen molar-refractivity contribution in [2.24, 2.45) is 4.99 Å². The number of aromatic nitrogens is 1. The van der Waals surface area contributed by atoms with Gasteiger partial charge in [0.05, 0.1) is 30.0 Å². The van der Waals surface area contributed by atoms with E-state index in [2.05, 4.69) is 4.99 Å². The van der Waals surface area contributed by atoms with Gasteiger partial charge in [-0.3, -0.25) is 14.2 Å². The number of methoxy groups -OCH3 is 2. The van der Waals surface area contributed by atoms with E-state index in [1.807, 2.05) is 17.5 Å². The first-order valence-electron chi connectivity index (χ1n) is 9.84. The summed E-state index contributed by atoms with van der Waals surface area (Å²) in [4.78, 5) is 43.3. The first-order chi connectivity index (χ1) is 15.8. The number of rotatable bonds is 5. The number of ether oxygens (including phenoxy) is 3. The molecule has 0 saturated carbocycles. The third-order valence-electron chi connectivity index (χ3n) is 4.98. The van der Waals surface area contributed by atoms with Crippen LogP contribution in [0.5, 0.6) is 11.5 Å². The number of hydrogen-bond acceptors (Lipinski definition) is 9. The third-order valence-corrected chi connectivity index (χ3v) is 6.89. The first-order valence-corrected chi connectivity index (χ1v) is 11.5. The van der Waals surface area contributed by atoms with E-state index in [-0.39, 0.29) is 11.3 Å². The molecule has 170 valence electrons. The fourth-order valence-corrected chi connectivity index (χ4v) is 5.45. The van der Waals surface area contributed by atoms with Crippen LogP contribution in [0.2, 0.25) is 0 Å². The Morgan fingerprint density at radius 1 is 1.18 bits per heavy atom. The van der Waals surface area contributed by atoms with Gasteiger partial charge >= 0.3 is 11.9 Å². The topological polar surface area (TPSA) is 96.2 Å². The summed E-state index contributed by atoms with van der Waals surface area (Å²) in [6.45, 7) is 3.04. The number of benzene rings is 1. The summed E-state index contributed by atoms with van der Waals surface area (Å²) >= 11 is 2.67. The van der Waals surface area contributed by atoms with Crippen LogP contribution in [0.25, 0.3) is 6.08 Å². The zero-order valence-corrected chi connectivity index (χ0v) is 19.9. The zero-order chi connectivity index (χ0) is 23.7. The molecule has 2 aromatic heterocycles. The Balaban J connectivity index is 1.89. The molecule has 0 aliphatic carbocycles. The van der Waals surface area contributed by atoms with E-state index in [4.69, 9.17) is 14.2 Å². The molecule has 0 fully saturated rings. The van der Waals surface area contributed by atoms with E-state index >= 15 is 0 Å². The van der Waals surface area contributed by atoms with Gasteiger partial charge in [-0.05, 0) is 42.1 Å². The molecule has 8 nitrogen and oxygen atoms in total. The van der Waals surface area contributed by atoms with Crippen molar-refractivity contribution in [3.05, 3.63) is 77.1 Å². The summed E-state index contributed by atoms with van der Waals surface area (Å²) in [6, 6.07) is 8.17.